The van der Waals surface area contributed by atoms with Gasteiger partial charge in [0.15, 0.2) is 5.82 Å². The number of fused-ring (bicyclic) bond motifs is 1. The Morgan fingerprint density at radius 2 is 2.04 bits per heavy atom. The zero-order chi connectivity index (χ0) is 15.7. The Labute approximate surface area is 132 Å². The summed E-state index contributed by atoms with van der Waals surface area (Å²) in [6.45, 7) is 0. The van der Waals surface area contributed by atoms with E-state index in [1.807, 2.05) is 12.3 Å². The van der Waals surface area contributed by atoms with Gasteiger partial charge in [0, 0.05) is 17.8 Å². The van der Waals surface area contributed by atoms with Crippen LogP contribution in [0.15, 0.2) is 30.9 Å². The van der Waals surface area contributed by atoms with Crippen molar-refractivity contribution in [2.75, 3.05) is 5.32 Å². The maximum atomic E-state index is 9.50. The summed E-state index contributed by atoms with van der Waals surface area (Å²) in [4.78, 5) is 20.4. The van der Waals surface area contributed by atoms with Crippen LogP contribution >= 0.6 is 0 Å². The number of aromatic amines is 1. The minimum absolute atomic E-state index is 0.513. The fourth-order valence-corrected chi connectivity index (χ4v) is 3.08. The maximum absolute atomic E-state index is 9.50. The Bertz CT molecular complexity index is 887. The number of hydrogen-bond acceptors (Lipinski definition) is 6. The highest BCUT2D eigenvalue weighted by Crippen LogP contribution is 2.32. The van der Waals surface area contributed by atoms with Crippen LogP contribution < -0.4 is 5.32 Å². The summed E-state index contributed by atoms with van der Waals surface area (Å²) in [5.74, 6) is 1.17. The zero-order valence-electron chi connectivity index (χ0n) is 12.5. The first-order valence-corrected chi connectivity index (χ1v) is 7.61. The van der Waals surface area contributed by atoms with Crippen molar-refractivity contribution in [3.8, 4) is 17.6 Å². The van der Waals surface area contributed by atoms with Crippen LogP contribution in [0.4, 0.5) is 5.82 Å². The lowest BCUT2D eigenvalue weighted by molar-refractivity contribution is 0.610. The Balaban J connectivity index is 1.72. The molecule has 0 aromatic carbocycles. The molecule has 1 saturated carbocycles. The molecule has 3 aromatic rings. The van der Waals surface area contributed by atoms with Crippen molar-refractivity contribution in [3.63, 3.8) is 0 Å². The molecule has 1 fully saturated rings. The summed E-state index contributed by atoms with van der Waals surface area (Å²) in [6, 6.07) is 6.10. The number of nitrogens with zero attached hydrogens (tertiary/aromatic N) is 5. The summed E-state index contributed by atoms with van der Waals surface area (Å²) in [6.07, 6.45) is 8.81. The van der Waals surface area contributed by atoms with Gasteiger partial charge in [0.2, 0.25) is 0 Å². The van der Waals surface area contributed by atoms with E-state index in [4.69, 9.17) is 0 Å². The van der Waals surface area contributed by atoms with E-state index in [9.17, 15) is 5.26 Å². The Morgan fingerprint density at radius 1 is 1.17 bits per heavy atom. The number of H-pyrrole nitrogens is 1. The summed E-state index contributed by atoms with van der Waals surface area (Å²) in [5, 5.41) is 13.7. The molecule has 0 atom stereocenters. The molecular formula is C16H15N7. The largest absolute Gasteiger partial charge is 0.352 e. The molecule has 1 aliphatic carbocycles. The topological polar surface area (TPSA) is 103 Å². The molecule has 2 N–H and O–H groups in total. The number of nitrogens with one attached hydrogen (secondary N) is 2. The van der Waals surface area contributed by atoms with Crippen LogP contribution in [0.2, 0.25) is 0 Å². The highest BCUT2D eigenvalue weighted by molar-refractivity contribution is 5.88. The number of hydrogen-bond donors (Lipinski definition) is 2. The number of anilines is 1. The molecule has 0 radical (unpaired) electrons. The highest BCUT2D eigenvalue weighted by Gasteiger charge is 2.34. The standard InChI is InChI=1S/C16H15N7/c17-9-16(5-1-2-6-16)23-12-4-8-19-15(22-12)13-11-3-7-18-14(11)21-10-20-13/h3-4,7-8,10H,1-2,5-6H2,(H,18,20,21)(H,19,22,23). The van der Waals surface area contributed by atoms with Crippen molar-refractivity contribution >= 4 is 16.9 Å². The molecule has 0 aliphatic heterocycles. The third-order valence-electron chi connectivity index (χ3n) is 4.26. The minimum atomic E-state index is -0.513. The molecule has 7 nitrogen and oxygen atoms in total. The molecule has 3 heterocycles. The summed E-state index contributed by atoms with van der Waals surface area (Å²) in [7, 11) is 0. The fraction of sp³-hybridized carbons (Fsp3) is 0.312. The average Bonchev–Trinajstić information content (AvgIpc) is 3.24. The van der Waals surface area contributed by atoms with Gasteiger partial charge in [0.1, 0.15) is 29.0 Å². The second-order valence-corrected chi connectivity index (χ2v) is 5.75. The van der Waals surface area contributed by atoms with Crippen LogP contribution in [-0.2, 0) is 0 Å². The second kappa shape index (κ2) is 5.32. The smallest absolute Gasteiger partial charge is 0.180 e. The van der Waals surface area contributed by atoms with Crippen molar-refractivity contribution in [1.82, 2.24) is 24.9 Å². The van der Waals surface area contributed by atoms with Crippen LogP contribution in [0.5, 0.6) is 0 Å². The Hall–Kier alpha value is -3.01. The van der Waals surface area contributed by atoms with Crippen molar-refractivity contribution in [2.24, 2.45) is 0 Å². The van der Waals surface area contributed by atoms with Gasteiger partial charge >= 0.3 is 0 Å². The quantitative estimate of drug-likeness (QED) is 0.771. The van der Waals surface area contributed by atoms with Gasteiger partial charge in [-0.15, -0.1) is 0 Å². The first kappa shape index (κ1) is 13.6. The monoisotopic (exact) mass is 305 g/mol. The van der Waals surface area contributed by atoms with Crippen LogP contribution in [-0.4, -0.2) is 30.5 Å². The van der Waals surface area contributed by atoms with Gasteiger partial charge < -0.3 is 10.3 Å². The van der Waals surface area contributed by atoms with E-state index in [-0.39, 0.29) is 0 Å². The molecule has 0 bridgehead atoms. The lowest BCUT2D eigenvalue weighted by Gasteiger charge is -2.22. The summed E-state index contributed by atoms with van der Waals surface area (Å²) >= 11 is 0. The Kier molecular flexibility index (Phi) is 3.15. The van der Waals surface area contributed by atoms with Gasteiger partial charge in [-0.2, -0.15) is 5.26 Å². The van der Waals surface area contributed by atoms with E-state index in [1.165, 1.54) is 6.33 Å². The van der Waals surface area contributed by atoms with Gasteiger partial charge in [0.05, 0.1) is 6.07 Å². The molecule has 7 heteroatoms. The molecule has 4 rings (SSSR count). The molecule has 0 amide bonds. The van der Waals surface area contributed by atoms with Crippen molar-refractivity contribution in [3.05, 3.63) is 30.9 Å². The zero-order valence-corrected chi connectivity index (χ0v) is 12.5. The third-order valence-corrected chi connectivity index (χ3v) is 4.26. The van der Waals surface area contributed by atoms with E-state index in [2.05, 4.69) is 36.3 Å². The van der Waals surface area contributed by atoms with E-state index >= 15 is 0 Å². The number of nitriles is 1. The number of aromatic nitrogens is 5. The predicted molar refractivity (Wildman–Crippen MR) is 85.3 cm³/mol. The molecule has 114 valence electrons. The van der Waals surface area contributed by atoms with Crippen molar-refractivity contribution < 1.29 is 0 Å². The third kappa shape index (κ3) is 2.38. The van der Waals surface area contributed by atoms with E-state index in [0.29, 0.717) is 17.3 Å². The average molecular weight is 305 g/mol. The first-order chi connectivity index (χ1) is 11.3. The normalized spacial score (nSPS) is 16.3. The van der Waals surface area contributed by atoms with E-state index < -0.39 is 5.54 Å². The number of rotatable bonds is 3. The first-order valence-electron chi connectivity index (χ1n) is 7.61. The molecule has 1 aliphatic rings. The van der Waals surface area contributed by atoms with Crippen LogP contribution in [0.25, 0.3) is 22.6 Å². The van der Waals surface area contributed by atoms with Crippen LogP contribution in [0, 0.1) is 11.3 Å². The molecule has 0 saturated heterocycles. The van der Waals surface area contributed by atoms with E-state index in [0.717, 1.165) is 36.7 Å². The summed E-state index contributed by atoms with van der Waals surface area (Å²) in [5.41, 5.74) is 0.916. The summed E-state index contributed by atoms with van der Waals surface area (Å²) < 4.78 is 0. The van der Waals surface area contributed by atoms with Crippen molar-refractivity contribution in [2.45, 2.75) is 31.2 Å². The van der Waals surface area contributed by atoms with Gasteiger partial charge in [-0.05, 0) is 37.8 Å². The molecule has 0 spiro atoms. The fourth-order valence-electron chi connectivity index (χ4n) is 3.08. The highest BCUT2D eigenvalue weighted by atomic mass is 15.1. The predicted octanol–water partition coefficient (Wildman–Crippen LogP) is 2.66. The van der Waals surface area contributed by atoms with Crippen molar-refractivity contribution in [1.29, 1.82) is 5.26 Å². The minimum Gasteiger partial charge on any atom is -0.352 e. The van der Waals surface area contributed by atoms with E-state index in [1.54, 1.807) is 12.3 Å². The molecular weight excluding hydrogens is 290 g/mol. The SMILES string of the molecule is N#CC1(Nc2ccnc(-c3ncnc4[nH]ccc34)n2)CCCC1. The van der Waals surface area contributed by atoms with Crippen LogP contribution in [0.3, 0.4) is 0 Å². The second-order valence-electron chi connectivity index (χ2n) is 5.75. The Morgan fingerprint density at radius 3 is 2.87 bits per heavy atom. The lowest BCUT2D eigenvalue weighted by Crippen LogP contribution is -2.33. The maximum Gasteiger partial charge on any atom is 0.180 e. The van der Waals surface area contributed by atoms with Gasteiger partial charge in [-0.25, -0.2) is 19.9 Å². The van der Waals surface area contributed by atoms with Gasteiger partial charge in [0.25, 0.3) is 0 Å². The van der Waals surface area contributed by atoms with Gasteiger partial charge in [-0.3, -0.25) is 0 Å². The molecule has 23 heavy (non-hydrogen) atoms. The molecule has 0 unspecified atom stereocenters. The van der Waals surface area contributed by atoms with Gasteiger partial charge in [-0.1, -0.05) is 0 Å². The lowest BCUT2D eigenvalue weighted by atomic mass is 10.00. The molecule has 3 aromatic heterocycles. The van der Waals surface area contributed by atoms with Crippen LogP contribution in [0.1, 0.15) is 25.7 Å².